The van der Waals surface area contributed by atoms with Crippen LogP contribution in [0.15, 0.2) is 24.3 Å². The van der Waals surface area contributed by atoms with Crippen LogP contribution >= 0.6 is 0 Å². The minimum Gasteiger partial charge on any atom is -0.385 e. The van der Waals surface area contributed by atoms with Crippen molar-refractivity contribution >= 4 is 0 Å². The Morgan fingerprint density at radius 3 is 2.67 bits per heavy atom. The van der Waals surface area contributed by atoms with Crippen LogP contribution in [0.5, 0.6) is 0 Å². The Hall–Kier alpha value is -0.930. The van der Waals surface area contributed by atoms with E-state index < -0.39 is 5.60 Å². The van der Waals surface area contributed by atoms with Gasteiger partial charge < -0.3 is 10.4 Å². The first-order valence-corrected chi connectivity index (χ1v) is 5.26. The predicted molar refractivity (Wildman–Crippen MR) is 59.1 cm³/mol. The lowest BCUT2D eigenvalue weighted by Crippen LogP contribution is -2.28. The van der Waals surface area contributed by atoms with Crippen LogP contribution in [0.3, 0.4) is 0 Å². The molecular formula is C12H18FNO. The molecule has 0 heterocycles. The van der Waals surface area contributed by atoms with Gasteiger partial charge in [-0.05, 0) is 32.5 Å². The van der Waals surface area contributed by atoms with Crippen LogP contribution < -0.4 is 5.32 Å². The molecule has 84 valence electrons. The lowest BCUT2D eigenvalue weighted by atomic mass is 9.92. The van der Waals surface area contributed by atoms with Gasteiger partial charge in [0.05, 0.1) is 5.60 Å². The average molecular weight is 211 g/mol. The molecule has 2 nitrogen and oxygen atoms in total. The molecule has 0 aliphatic heterocycles. The lowest BCUT2D eigenvalue weighted by molar-refractivity contribution is 0.0445. The Balaban J connectivity index is 2.72. The van der Waals surface area contributed by atoms with E-state index in [0.29, 0.717) is 18.5 Å². The average Bonchev–Trinajstić information content (AvgIpc) is 2.18. The van der Waals surface area contributed by atoms with Gasteiger partial charge >= 0.3 is 0 Å². The van der Waals surface area contributed by atoms with Crippen LogP contribution in [-0.4, -0.2) is 18.2 Å². The first-order valence-electron chi connectivity index (χ1n) is 5.26. The molecule has 1 aromatic rings. The molecular weight excluding hydrogens is 193 g/mol. The minimum absolute atomic E-state index is 0.348. The Labute approximate surface area is 90.1 Å². The molecule has 0 aliphatic rings. The fourth-order valence-electron chi connectivity index (χ4n) is 1.54. The molecule has 15 heavy (non-hydrogen) atoms. The smallest absolute Gasteiger partial charge is 0.129 e. The predicted octanol–water partition coefficient (Wildman–Crippen LogP) is 2.03. The summed E-state index contributed by atoms with van der Waals surface area (Å²) in [5.41, 5.74) is -0.740. The van der Waals surface area contributed by atoms with Crippen LogP contribution in [0.2, 0.25) is 0 Å². The van der Waals surface area contributed by atoms with Gasteiger partial charge in [0.15, 0.2) is 0 Å². The van der Waals surface area contributed by atoms with Crippen molar-refractivity contribution in [3.05, 3.63) is 35.6 Å². The maximum atomic E-state index is 13.4. The van der Waals surface area contributed by atoms with Crippen LogP contribution in [-0.2, 0) is 5.60 Å². The van der Waals surface area contributed by atoms with E-state index in [0.717, 1.165) is 6.54 Å². The van der Waals surface area contributed by atoms with Gasteiger partial charge in [-0.2, -0.15) is 0 Å². The zero-order chi connectivity index (χ0) is 11.3. The third kappa shape index (κ3) is 3.29. The third-order valence-electron chi connectivity index (χ3n) is 2.49. The fourth-order valence-corrected chi connectivity index (χ4v) is 1.54. The standard InChI is InChI=1S/C12H18FNO/c1-3-14-9-8-12(2,15)10-6-4-5-7-11(10)13/h4-7,14-15H,3,8-9H2,1-2H3. The third-order valence-corrected chi connectivity index (χ3v) is 2.49. The molecule has 0 aliphatic carbocycles. The van der Waals surface area contributed by atoms with E-state index in [9.17, 15) is 9.50 Å². The summed E-state index contributed by atoms with van der Waals surface area (Å²) in [4.78, 5) is 0. The van der Waals surface area contributed by atoms with Crippen molar-refractivity contribution in [3.63, 3.8) is 0 Å². The zero-order valence-electron chi connectivity index (χ0n) is 9.26. The van der Waals surface area contributed by atoms with Gasteiger partial charge in [0, 0.05) is 5.56 Å². The van der Waals surface area contributed by atoms with E-state index in [1.54, 1.807) is 25.1 Å². The molecule has 1 aromatic carbocycles. The molecule has 0 fully saturated rings. The van der Waals surface area contributed by atoms with Crippen LogP contribution in [0.25, 0.3) is 0 Å². The molecule has 1 rings (SSSR count). The minimum atomic E-state index is -1.10. The highest BCUT2D eigenvalue weighted by molar-refractivity contribution is 5.23. The summed E-state index contributed by atoms with van der Waals surface area (Å²) in [7, 11) is 0. The fraction of sp³-hybridized carbons (Fsp3) is 0.500. The lowest BCUT2D eigenvalue weighted by Gasteiger charge is -2.24. The van der Waals surface area contributed by atoms with E-state index >= 15 is 0 Å². The van der Waals surface area contributed by atoms with Gasteiger partial charge in [-0.25, -0.2) is 4.39 Å². The summed E-state index contributed by atoms with van der Waals surface area (Å²) < 4.78 is 13.4. The second-order valence-corrected chi connectivity index (χ2v) is 3.86. The maximum absolute atomic E-state index is 13.4. The van der Waals surface area contributed by atoms with Gasteiger partial charge in [0.25, 0.3) is 0 Å². The SMILES string of the molecule is CCNCCC(C)(O)c1ccccc1F. The van der Waals surface area contributed by atoms with Gasteiger partial charge in [-0.15, -0.1) is 0 Å². The number of benzene rings is 1. The Kier molecular flexibility index (Phi) is 4.24. The number of hydrogen-bond donors (Lipinski definition) is 2. The van der Waals surface area contributed by atoms with Crippen LogP contribution in [0.4, 0.5) is 4.39 Å². The van der Waals surface area contributed by atoms with Gasteiger partial charge in [0.1, 0.15) is 5.82 Å². The molecule has 0 bridgehead atoms. The summed E-state index contributed by atoms with van der Waals surface area (Å²) in [6.45, 7) is 5.17. The molecule has 3 heteroatoms. The van der Waals surface area contributed by atoms with Gasteiger partial charge in [-0.1, -0.05) is 25.1 Å². The van der Waals surface area contributed by atoms with Crippen LogP contribution in [0, 0.1) is 5.82 Å². The van der Waals surface area contributed by atoms with E-state index in [1.165, 1.54) is 6.07 Å². The maximum Gasteiger partial charge on any atom is 0.129 e. The van der Waals surface area contributed by atoms with Crippen molar-refractivity contribution in [2.24, 2.45) is 0 Å². The Bertz CT molecular complexity index is 312. The monoisotopic (exact) mass is 211 g/mol. The summed E-state index contributed by atoms with van der Waals surface area (Å²) in [5.74, 6) is -0.348. The summed E-state index contributed by atoms with van der Waals surface area (Å²) in [5, 5.41) is 13.2. The number of aliphatic hydroxyl groups is 1. The second kappa shape index (κ2) is 5.24. The van der Waals surface area contributed by atoms with Crippen molar-refractivity contribution in [2.45, 2.75) is 25.9 Å². The normalized spacial score (nSPS) is 14.9. The number of hydrogen-bond acceptors (Lipinski definition) is 2. The molecule has 0 spiro atoms. The largest absolute Gasteiger partial charge is 0.385 e. The highest BCUT2D eigenvalue weighted by Gasteiger charge is 2.25. The highest BCUT2D eigenvalue weighted by Crippen LogP contribution is 2.26. The molecule has 0 aromatic heterocycles. The van der Waals surface area contributed by atoms with Crippen molar-refractivity contribution in [1.29, 1.82) is 0 Å². The summed E-state index contributed by atoms with van der Waals surface area (Å²) >= 11 is 0. The topological polar surface area (TPSA) is 32.3 Å². The van der Waals surface area contributed by atoms with Crippen molar-refractivity contribution in [3.8, 4) is 0 Å². The molecule has 0 amide bonds. The van der Waals surface area contributed by atoms with E-state index in [1.807, 2.05) is 6.92 Å². The van der Waals surface area contributed by atoms with Gasteiger partial charge in [0.2, 0.25) is 0 Å². The molecule has 0 saturated carbocycles. The Morgan fingerprint density at radius 1 is 1.40 bits per heavy atom. The van der Waals surface area contributed by atoms with Crippen LogP contribution in [0.1, 0.15) is 25.8 Å². The summed E-state index contributed by atoms with van der Waals surface area (Å²) in [6, 6.07) is 6.36. The van der Waals surface area contributed by atoms with E-state index in [4.69, 9.17) is 0 Å². The number of halogens is 1. The highest BCUT2D eigenvalue weighted by atomic mass is 19.1. The van der Waals surface area contributed by atoms with Crippen molar-refractivity contribution < 1.29 is 9.50 Å². The summed E-state index contributed by atoms with van der Waals surface area (Å²) in [6.07, 6.45) is 0.502. The molecule has 0 saturated heterocycles. The van der Waals surface area contributed by atoms with Crippen molar-refractivity contribution in [2.75, 3.05) is 13.1 Å². The molecule has 1 atom stereocenters. The van der Waals surface area contributed by atoms with E-state index in [-0.39, 0.29) is 5.82 Å². The van der Waals surface area contributed by atoms with Crippen molar-refractivity contribution in [1.82, 2.24) is 5.32 Å². The quantitative estimate of drug-likeness (QED) is 0.730. The number of nitrogens with one attached hydrogen (secondary N) is 1. The Morgan fingerprint density at radius 2 is 2.07 bits per heavy atom. The molecule has 0 radical (unpaired) electrons. The first kappa shape index (κ1) is 12.1. The zero-order valence-corrected chi connectivity index (χ0v) is 9.26. The number of rotatable bonds is 5. The van der Waals surface area contributed by atoms with E-state index in [2.05, 4.69) is 5.32 Å². The first-order chi connectivity index (χ1) is 7.08. The molecule has 1 unspecified atom stereocenters. The van der Waals surface area contributed by atoms with Gasteiger partial charge in [-0.3, -0.25) is 0 Å². The second-order valence-electron chi connectivity index (χ2n) is 3.86. The molecule has 2 N–H and O–H groups in total.